The number of aliphatic hydroxyl groups excluding tert-OH is 1. The Balaban J connectivity index is 1.14. The highest BCUT2D eigenvalue weighted by atomic mass is 19.1. The molecule has 1 saturated heterocycles. The van der Waals surface area contributed by atoms with Crippen molar-refractivity contribution in [3.8, 4) is 5.75 Å². The first-order chi connectivity index (χ1) is 16.5. The number of rotatable bonds is 7. The van der Waals surface area contributed by atoms with Gasteiger partial charge < -0.3 is 14.7 Å². The Hall–Kier alpha value is -3.09. The first-order valence-electron chi connectivity index (χ1n) is 11.9. The molecule has 176 valence electrons. The van der Waals surface area contributed by atoms with Gasteiger partial charge in [0.15, 0.2) is 11.6 Å². The van der Waals surface area contributed by atoms with Crippen molar-refractivity contribution >= 4 is 22.3 Å². The van der Waals surface area contributed by atoms with Crippen LogP contribution in [0.1, 0.15) is 40.0 Å². The molecule has 1 N–H and O–H groups in total. The van der Waals surface area contributed by atoms with Gasteiger partial charge in [-0.25, -0.2) is 4.39 Å². The lowest BCUT2D eigenvalue weighted by molar-refractivity contribution is 0.0518. The number of likely N-dealkylation sites (tertiary alicyclic amines) is 1. The maximum absolute atomic E-state index is 13.2. The molecule has 5 nitrogen and oxygen atoms in total. The molecule has 0 amide bonds. The number of benzene rings is 3. The highest BCUT2D eigenvalue weighted by Gasteiger charge is 2.37. The van der Waals surface area contributed by atoms with Crippen LogP contribution in [0.25, 0.3) is 10.8 Å². The summed E-state index contributed by atoms with van der Waals surface area (Å²) < 4.78 is 18.5. The lowest BCUT2D eigenvalue weighted by Crippen LogP contribution is -2.41. The van der Waals surface area contributed by atoms with Gasteiger partial charge in [-0.15, -0.1) is 0 Å². The topological polar surface area (TPSA) is 66.8 Å². The summed E-state index contributed by atoms with van der Waals surface area (Å²) in [5.41, 5.74) is 1.33. The van der Waals surface area contributed by atoms with Crippen LogP contribution in [0.4, 0.5) is 4.39 Å². The molecule has 1 atom stereocenters. The number of β-amino-alcohol motifs (C(OH)–C–C–N with tert-alkyl or cyclic N) is 1. The zero-order chi connectivity index (χ0) is 23.7. The highest BCUT2D eigenvalue weighted by molar-refractivity contribution is 6.29. The third-order valence-corrected chi connectivity index (χ3v) is 7.07. The van der Waals surface area contributed by atoms with Gasteiger partial charge in [0.1, 0.15) is 24.3 Å². The Labute approximate surface area is 198 Å². The van der Waals surface area contributed by atoms with E-state index in [2.05, 4.69) is 4.90 Å². The minimum Gasteiger partial charge on any atom is -0.491 e. The van der Waals surface area contributed by atoms with Crippen molar-refractivity contribution in [2.75, 3.05) is 26.2 Å². The number of ketones is 2. The Morgan fingerprint density at radius 3 is 2.18 bits per heavy atom. The third kappa shape index (κ3) is 4.61. The maximum Gasteiger partial charge on any atom is 0.174 e. The first kappa shape index (κ1) is 22.7. The molecule has 3 aromatic rings. The largest absolute Gasteiger partial charge is 0.491 e. The Morgan fingerprint density at radius 2 is 1.56 bits per heavy atom. The van der Waals surface area contributed by atoms with E-state index in [1.165, 1.54) is 12.1 Å². The Kier molecular flexibility index (Phi) is 6.44. The number of Topliss-reactive ketones (excluding diaryl/α,β-unsaturated/α-hetero) is 2. The third-order valence-electron chi connectivity index (χ3n) is 7.07. The van der Waals surface area contributed by atoms with Crippen LogP contribution in [0.15, 0.2) is 60.7 Å². The van der Waals surface area contributed by atoms with Gasteiger partial charge in [-0.1, -0.05) is 36.4 Å². The summed E-state index contributed by atoms with van der Waals surface area (Å²) in [5, 5.41) is 12.1. The summed E-state index contributed by atoms with van der Waals surface area (Å²) in [6.07, 6.45) is 1.69. The SMILES string of the molecule is O=C1c2cccc3cccc(c23)C(=O)C1CC1CCN(CC(O)COc2ccc(F)cc2)CC1. The molecule has 0 bridgehead atoms. The van der Waals surface area contributed by atoms with Gasteiger partial charge >= 0.3 is 0 Å². The van der Waals surface area contributed by atoms with E-state index < -0.39 is 12.0 Å². The highest BCUT2D eigenvalue weighted by Crippen LogP contribution is 2.36. The number of hydrogen-bond acceptors (Lipinski definition) is 5. The van der Waals surface area contributed by atoms with Crippen molar-refractivity contribution in [2.45, 2.75) is 25.4 Å². The second kappa shape index (κ2) is 9.65. The van der Waals surface area contributed by atoms with Gasteiger partial charge in [-0.2, -0.15) is 0 Å². The molecule has 0 aromatic heterocycles. The van der Waals surface area contributed by atoms with E-state index in [-0.39, 0.29) is 24.0 Å². The minimum absolute atomic E-state index is 0.0508. The lowest BCUT2D eigenvalue weighted by atomic mass is 9.75. The van der Waals surface area contributed by atoms with Crippen LogP contribution in [0.5, 0.6) is 5.75 Å². The van der Waals surface area contributed by atoms with Gasteiger partial charge in [-0.05, 0) is 67.9 Å². The van der Waals surface area contributed by atoms with Gasteiger partial charge in [0.2, 0.25) is 0 Å². The molecule has 34 heavy (non-hydrogen) atoms. The molecule has 0 saturated carbocycles. The molecule has 1 aliphatic heterocycles. The van der Waals surface area contributed by atoms with Crippen molar-refractivity contribution in [1.82, 2.24) is 4.90 Å². The fourth-order valence-electron chi connectivity index (χ4n) is 5.27. The zero-order valence-electron chi connectivity index (χ0n) is 19.0. The van der Waals surface area contributed by atoms with Gasteiger partial charge in [0.05, 0.1) is 5.92 Å². The van der Waals surface area contributed by atoms with E-state index >= 15 is 0 Å². The molecule has 1 unspecified atom stereocenters. The summed E-state index contributed by atoms with van der Waals surface area (Å²) in [6, 6.07) is 17.1. The van der Waals surface area contributed by atoms with Crippen molar-refractivity contribution in [3.63, 3.8) is 0 Å². The maximum atomic E-state index is 13.2. The predicted molar refractivity (Wildman–Crippen MR) is 128 cm³/mol. The quantitative estimate of drug-likeness (QED) is 0.524. The molecule has 0 spiro atoms. The van der Waals surface area contributed by atoms with Gasteiger partial charge in [-0.3, -0.25) is 9.59 Å². The van der Waals surface area contributed by atoms with Crippen molar-refractivity contribution < 1.29 is 23.8 Å². The van der Waals surface area contributed by atoms with Gasteiger partial charge in [0.25, 0.3) is 0 Å². The van der Waals surface area contributed by atoms with E-state index in [1.807, 2.05) is 36.4 Å². The molecular weight excluding hydrogens is 433 g/mol. The van der Waals surface area contributed by atoms with Crippen molar-refractivity contribution in [2.24, 2.45) is 11.8 Å². The van der Waals surface area contributed by atoms with Crippen LogP contribution >= 0.6 is 0 Å². The summed E-state index contributed by atoms with van der Waals surface area (Å²) in [7, 11) is 0. The molecule has 1 aliphatic carbocycles. The molecular formula is C28H28FNO4. The van der Waals surface area contributed by atoms with E-state index in [9.17, 15) is 19.1 Å². The van der Waals surface area contributed by atoms with Gasteiger partial charge in [0, 0.05) is 23.1 Å². The van der Waals surface area contributed by atoms with Crippen LogP contribution in [-0.2, 0) is 0 Å². The molecule has 1 heterocycles. The fraction of sp³-hybridized carbons (Fsp3) is 0.357. The zero-order valence-corrected chi connectivity index (χ0v) is 19.0. The van der Waals surface area contributed by atoms with Crippen molar-refractivity contribution in [1.29, 1.82) is 0 Å². The number of ether oxygens (including phenoxy) is 1. The summed E-state index contributed by atoms with van der Waals surface area (Å²) >= 11 is 0. The molecule has 1 fully saturated rings. The van der Waals surface area contributed by atoms with E-state index in [1.54, 1.807) is 12.1 Å². The first-order valence-corrected chi connectivity index (χ1v) is 11.9. The van der Waals surface area contributed by atoms with E-state index in [0.29, 0.717) is 35.8 Å². The molecule has 0 radical (unpaired) electrons. The smallest absolute Gasteiger partial charge is 0.174 e. The van der Waals surface area contributed by atoms with E-state index in [4.69, 9.17) is 4.74 Å². The standard InChI is InChI=1S/C28H28FNO4/c29-20-7-9-22(10-8-20)34-17-21(31)16-30-13-11-18(12-14-30)15-25-27(32)23-5-1-3-19-4-2-6-24(26(19)23)28(25)33/h1-10,18,21,25,31H,11-17H2. The minimum atomic E-state index is -0.653. The predicted octanol–water partition coefficient (Wildman–Crippen LogP) is 4.52. The van der Waals surface area contributed by atoms with Crippen LogP contribution < -0.4 is 4.74 Å². The Morgan fingerprint density at radius 1 is 0.941 bits per heavy atom. The van der Waals surface area contributed by atoms with Crippen LogP contribution in [0.3, 0.4) is 0 Å². The summed E-state index contributed by atoms with van der Waals surface area (Å²) in [5.74, 6) is -0.208. The lowest BCUT2D eigenvalue weighted by Gasteiger charge is -2.34. The molecule has 5 rings (SSSR count). The second-order valence-electron chi connectivity index (χ2n) is 9.39. The number of aliphatic hydroxyl groups is 1. The average Bonchev–Trinajstić information content (AvgIpc) is 2.85. The van der Waals surface area contributed by atoms with Crippen molar-refractivity contribution in [3.05, 3.63) is 77.6 Å². The van der Waals surface area contributed by atoms with Crippen LogP contribution in [0, 0.1) is 17.7 Å². The Bertz CT molecular complexity index is 1150. The average molecular weight is 462 g/mol. The summed E-state index contributed by atoms with van der Waals surface area (Å²) in [4.78, 5) is 28.6. The second-order valence-corrected chi connectivity index (χ2v) is 9.39. The number of piperidine rings is 1. The number of nitrogens with zero attached hydrogens (tertiary/aromatic N) is 1. The molecule has 6 heteroatoms. The number of carbonyl (C=O) groups is 2. The number of hydrogen-bond donors (Lipinski definition) is 1. The van der Waals surface area contributed by atoms with Crippen LogP contribution in [-0.4, -0.2) is 53.9 Å². The fourth-order valence-corrected chi connectivity index (χ4v) is 5.27. The monoisotopic (exact) mass is 461 g/mol. The normalized spacial score (nSPS) is 18.4. The number of carbonyl (C=O) groups excluding carboxylic acids is 2. The number of halogens is 1. The molecule has 2 aliphatic rings. The molecule has 3 aromatic carbocycles. The van der Waals surface area contributed by atoms with Crippen LogP contribution in [0.2, 0.25) is 0 Å². The van der Waals surface area contributed by atoms with E-state index in [0.717, 1.165) is 36.7 Å². The summed E-state index contributed by atoms with van der Waals surface area (Å²) in [6.45, 7) is 2.24.